The summed E-state index contributed by atoms with van der Waals surface area (Å²) in [5, 5.41) is -1.31. The summed E-state index contributed by atoms with van der Waals surface area (Å²) in [6.45, 7) is 0.528. The van der Waals surface area contributed by atoms with Gasteiger partial charge in [-0.1, -0.05) is 164 Å². The molecule has 0 fully saturated rings. The van der Waals surface area contributed by atoms with Crippen LogP contribution in [-0.2, 0) is 0 Å². The predicted octanol–water partition coefficient (Wildman–Crippen LogP) is 12.5. The molecular formula is C47H31N3O. The summed E-state index contributed by atoms with van der Waals surface area (Å²) in [6.07, 6.45) is 0. The van der Waals surface area contributed by atoms with E-state index < -0.39 is 119 Å². The molecule has 2 aromatic heterocycles. The van der Waals surface area contributed by atoms with Crippen LogP contribution in [0, 0.1) is 0 Å². The van der Waals surface area contributed by atoms with E-state index in [1.54, 1.807) is 60.7 Å². The van der Waals surface area contributed by atoms with Gasteiger partial charge in [0.2, 0.25) is 0 Å². The Bertz CT molecular complexity index is 3680. The van der Waals surface area contributed by atoms with Crippen LogP contribution < -0.4 is 0 Å². The van der Waals surface area contributed by atoms with Gasteiger partial charge in [0.15, 0.2) is 17.5 Å². The molecule has 9 rings (SSSR count). The van der Waals surface area contributed by atoms with E-state index in [1.165, 1.54) is 0 Å². The van der Waals surface area contributed by atoms with Gasteiger partial charge in [-0.15, -0.1) is 0 Å². The number of furan rings is 1. The molecule has 0 spiro atoms. The van der Waals surface area contributed by atoms with Crippen molar-refractivity contribution in [3.05, 3.63) is 182 Å². The van der Waals surface area contributed by atoms with Gasteiger partial charge in [0.1, 0.15) is 11.2 Å². The van der Waals surface area contributed by atoms with Crippen LogP contribution in [0.5, 0.6) is 0 Å². The lowest BCUT2D eigenvalue weighted by atomic mass is 9.94. The van der Waals surface area contributed by atoms with E-state index in [0.717, 1.165) is 12.1 Å². The summed E-state index contributed by atoms with van der Waals surface area (Å²) in [7, 11) is 0. The fourth-order valence-corrected chi connectivity index (χ4v) is 5.66. The van der Waals surface area contributed by atoms with E-state index in [2.05, 4.69) is 0 Å². The van der Waals surface area contributed by atoms with Crippen LogP contribution in [0.3, 0.4) is 0 Å². The molecule has 0 N–H and O–H groups in total. The zero-order valence-electron chi connectivity index (χ0n) is 44.3. The second-order valence-electron chi connectivity index (χ2n) is 11.1. The van der Waals surface area contributed by atoms with Crippen LogP contribution in [0.1, 0.15) is 30.2 Å². The fourth-order valence-electron chi connectivity index (χ4n) is 5.66. The SMILES string of the molecule is [2H]C=C([2H])/C([2H])=C(/[2H])c1cc(-c2c([2H])c([2H])c(-c3c([2H])c([2H])c(-c4nc(-c5ccccc5)nc(-c5ccccc5)n4)c4oc5c6c([2H])c([2H])c([2H])c([2H])c6c([2H])c([2H])c5c34)c([2H])c2[2H])c([2H])cc1[2H]. The minimum atomic E-state index is -0.815. The maximum absolute atomic E-state index is 9.71. The zero-order valence-corrected chi connectivity index (χ0v) is 26.3. The number of rotatable bonds is 7. The monoisotopic (exact) mass is 671 g/mol. The van der Waals surface area contributed by atoms with Crippen molar-refractivity contribution in [3.8, 4) is 56.4 Å². The lowest BCUT2D eigenvalue weighted by molar-refractivity contribution is 0.673. The smallest absolute Gasteiger partial charge is 0.167 e. The minimum absolute atomic E-state index is 0.137. The van der Waals surface area contributed by atoms with Crippen LogP contribution in [-0.4, -0.2) is 15.0 Å². The first-order chi connectivity index (χ1) is 32.8. The summed E-state index contributed by atoms with van der Waals surface area (Å²) in [4.78, 5) is 14.2. The molecule has 2 heterocycles. The fraction of sp³-hybridized carbons (Fsp3) is 0. The van der Waals surface area contributed by atoms with Gasteiger partial charge in [0.05, 0.1) is 30.2 Å². The van der Waals surface area contributed by atoms with E-state index in [1.807, 2.05) is 0 Å². The number of nitrogens with zero attached hydrogens (tertiary/aromatic N) is 3. The topological polar surface area (TPSA) is 51.8 Å². The quantitative estimate of drug-likeness (QED) is 0.158. The Morgan fingerprint density at radius 3 is 2.00 bits per heavy atom. The van der Waals surface area contributed by atoms with Gasteiger partial charge in [-0.05, 0) is 51.4 Å². The van der Waals surface area contributed by atoms with Crippen LogP contribution >= 0.6 is 0 Å². The molecule has 0 aliphatic heterocycles. The largest absolute Gasteiger partial charge is 0.455 e. The predicted molar refractivity (Wildman–Crippen MR) is 211 cm³/mol. The van der Waals surface area contributed by atoms with Gasteiger partial charge in [0, 0.05) is 27.3 Å². The molecule has 4 nitrogen and oxygen atoms in total. The molecule has 0 saturated carbocycles. The molecule has 0 atom stereocenters. The molecule has 0 saturated heterocycles. The molecule has 0 radical (unpaired) electrons. The van der Waals surface area contributed by atoms with Crippen LogP contribution in [0.15, 0.2) is 180 Å². The zero-order chi connectivity index (χ0) is 49.7. The highest BCUT2D eigenvalue weighted by Gasteiger charge is 2.21. The van der Waals surface area contributed by atoms with E-state index in [-0.39, 0.29) is 66.9 Å². The third-order valence-corrected chi connectivity index (χ3v) is 8.01. The summed E-state index contributed by atoms with van der Waals surface area (Å²) >= 11 is 0. The summed E-state index contributed by atoms with van der Waals surface area (Å²) in [6, 6.07) is 8.05. The van der Waals surface area contributed by atoms with Gasteiger partial charge < -0.3 is 4.42 Å². The summed E-state index contributed by atoms with van der Waals surface area (Å²) in [5.41, 5.74) is -2.09. The van der Waals surface area contributed by atoms with Crippen molar-refractivity contribution in [1.82, 2.24) is 15.0 Å². The van der Waals surface area contributed by atoms with Gasteiger partial charge in [-0.2, -0.15) is 0 Å². The number of allylic oxidation sites excluding steroid dienone is 2. The number of aromatic nitrogens is 3. The standard InChI is InChI=1S/C47H31N3O/c1-2-3-13-31-14-12-20-37(30-31)32-22-24-34(25-23-32)38-28-29-41(44-42(38)40-27-26-33-15-10-11-21-39(33)43(40)51-44)47-49-45(35-16-6-4-7-17-35)48-46(50-47)36-18-8-5-9-19-36/h2-30H,1H2/b13-3-/i1D,2D,3D,10D,11D,13D,14D,15D,20D,21D,22D,23D,24D,25D,26D,27D,28D,29D/b2-1?,13-3-. The molecular weight excluding hydrogens is 623 g/mol. The highest BCUT2D eigenvalue weighted by atomic mass is 16.3. The van der Waals surface area contributed by atoms with Crippen molar-refractivity contribution in [2.45, 2.75) is 0 Å². The second-order valence-corrected chi connectivity index (χ2v) is 11.1. The maximum Gasteiger partial charge on any atom is 0.167 e. The van der Waals surface area contributed by atoms with E-state index >= 15 is 0 Å². The Balaban J connectivity index is 1.45. The van der Waals surface area contributed by atoms with E-state index in [4.69, 9.17) is 34.4 Å². The summed E-state index contributed by atoms with van der Waals surface area (Å²) < 4.78 is 166. The minimum Gasteiger partial charge on any atom is -0.455 e. The van der Waals surface area contributed by atoms with Gasteiger partial charge >= 0.3 is 0 Å². The first-order valence-electron chi connectivity index (χ1n) is 24.6. The third-order valence-electron chi connectivity index (χ3n) is 8.01. The van der Waals surface area contributed by atoms with Crippen molar-refractivity contribution in [1.29, 1.82) is 0 Å². The Hall–Kier alpha value is -6.91. The summed E-state index contributed by atoms with van der Waals surface area (Å²) in [5.74, 6) is 0.0541. The van der Waals surface area contributed by atoms with Crippen LogP contribution in [0.4, 0.5) is 0 Å². The Kier molecular flexibility index (Phi) is 4.20. The first kappa shape index (κ1) is 16.7. The Morgan fingerprint density at radius 1 is 0.569 bits per heavy atom. The Labute approximate surface area is 321 Å². The molecule has 0 bridgehead atoms. The lowest BCUT2D eigenvalue weighted by Gasteiger charge is -2.11. The number of benzene rings is 7. The van der Waals surface area contributed by atoms with Crippen LogP contribution in [0.2, 0.25) is 0 Å². The molecule has 0 amide bonds. The highest BCUT2D eigenvalue weighted by molar-refractivity contribution is 6.21. The molecule has 240 valence electrons. The lowest BCUT2D eigenvalue weighted by Crippen LogP contribution is -2.00. The van der Waals surface area contributed by atoms with Crippen LogP contribution in [0.25, 0.3) is 95.2 Å². The number of hydrogen-bond acceptors (Lipinski definition) is 4. The number of hydrogen-bond donors (Lipinski definition) is 0. The maximum atomic E-state index is 9.71. The van der Waals surface area contributed by atoms with Gasteiger partial charge in [-0.3, -0.25) is 0 Å². The van der Waals surface area contributed by atoms with Crippen molar-refractivity contribution in [2.75, 3.05) is 0 Å². The van der Waals surface area contributed by atoms with Crippen molar-refractivity contribution in [2.24, 2.45) is 0 Å². The van der Waals surface area contributed by atoms with E-state index in [9.17, 15) is 9.60 Å². The average molecular weight is 672 g/mol. The average Bonchev–Trinajstić information content (AvgIpc) is 3.74. The third kappa shape index (κ3) is 5.59. The van der Waals surface area contributed by atoms with E-state index in [0.29, 0.717) is 17.7 Å². The molecule has 51 heavy (non-hydrogen) atoms. The van der Waals surface area contributed by atoms with Gasteiger partial charge in [0.25, 0.3) is 0 Å². The number of fused-ring (bicyclic) bond motifs is 5. The van der Waals surface area contributed by atoms with Crippen molar-refractivity contribution in [3.63, 3.8) is 0 Å². The molecule has 0 aliphatic carbocycles. The normalized spacial score (nSPS) is 17.3. The first-order valence-corrected chi connectivity index (χ1v) is 15.5. The molecule has 7 aromatic carbocycles. The van der Waals surface area contributed by atoms with Crippen molar-refractivity contribution >= 4 is 38.8 Å². The highest BCUT2D eigenvalue weighted by Crippen LogP contribution is 2.43. The van der Waals surface area contributed by atoms with Crippen molar-refractivity contribution < 1.29 is 29.1 Å². The second kappa shape index (κ2) is 12.8. The molecule has 0 aliphatic rings. The Morgan fingerprint density at radius 2 is 1.25 bits per heavy atom. The molecule has 0 unspecified atom stereocenters. The molecule has 4 heteroatoms. The van der Waals surface area contributed by atoms with Gasteiger partial charge in [-0.25, -0.2) is 15.0 Å². The molecule has 9 aromatic rings.